The van der Waals surface area contributed by atoms with Crippen LogP contribution in [0.4, 0.5) is 0 Å². The van der Waals surface area contributed by atoms with Crippen molar-refractivity contribution in [3.05, 3.63) is 23.8 Å². The third kappa shape index (κ3) is 3.66. The van der Waals surface area contributed by atoms with E-state index >= 15 is 0 Å². The molecular formula is C19H28N2O3. The van der Waals surface area contributed by atoms with E-state index in [2.05, 4.69) is 31.1 Å². The minimum Gasteiger partial charge on any atom is -0.497 e. The molecule has 3 rings (SSSR count). The van der Waals surface area contributed by atoms with Crippen LogP contribution in [0, 0.1) is 5.92 Å². The van der Waals surface area contributed by atoms with Crippen LogP contribution < -0.4 is 14.8 Å². The Labute approximate surface area is 144 Å². The molecule has 0 spiro atoms. The molecule has 0 radical (unpaired) electrons. The molecule has 0 aliphatic carbocycles. The lowest BCUT2D eigenvalue weighted by molar-refractivity contribution is -0.127. The quantitative estimate of drug-likeness (QED) is 0.925. The second kappa shape index (κ2) is 6.63. The number of likely N-dealkylation sites (tertiary alicyclic amines) is 1. The molecule has 1 amide bonds. The summed E-state index contributed by atoms with van der Waals surface area (Å²) in [6.45, 7) is 6.04. The first-order chi connectivity index (χ1) is 11.4. The first-order valence-electron chi connectivity index (χ1n) is 8.74. The van der Waals surface area contributed by atoms with Crippen molar-refractivity contribution in [3.63, 3.8) is 0 Å². The Hall–Kier alpha value is -1.75. The van der Waals surface area contributed by atoms with Crippen LogP contribution in [0.3, 0.4) is 0 Å². The molecule has 0 unspecified atom stereocenters. The van der Waals surface area contributed by atoms with Crippen LogP contribution in [0.25, 0.3) is 0 Å². The lowest BCUT2D eigenvalue weighted by Gasteiger charge is -2.39. The summed E-state index contributed by atoms with van der Waals surface area (Å²) in [5.74, 6) is 1.84. The molecule has 5 nitrogen and oxygen atoms in total. The fourth-order valence-electron chi connectivity index (χ4n) is 3.76. The van der Waals surface area contributed by atoms with Gasteiger partial charge in [-0.25, -0.2) is 0 Å². The molecule has 0 aromatic heterocycles. The SMILES string of the molecule is COc1ccc2c(c1)[C@@H](NC(=O)[C@H]1CCCN(C)C1)CC(C)(C)O2. The average molecular weight is 332 g/mol. The fourth-order valence-corrected chi connectivity index (χ4v) is 3.76. The van der Waals surface area contributed by atoms with E-state index in [0.29, 0.717) is 0 Å². The zero-order valence-electron chi connectivity index (χ0n) is 15.1. The maximum Gasteiger partial charge on any atom is 0.224 e. The Morgan fingerprint density at radius 2 is 2.21 bits per heavy atom. The van der Waals surface area contributed by atoms with Gasteiger partial charge >= 0.3 is 0 Å². The van der Waals surface area contributed by atoms with Crippen molar-refractivity contribution >= 4 is 5.91 Å². The molecule has 2 aliphatic heterocycles. The molecule has 1 aromatic rings. The van der Waals surface area contributed by atoms with E-state index in [0.717, 1.165) is 49.4 Å². The Morgan fingerprint density at radius 1 is 1.42 bits per heavy atom. The maximum atomic E-state index is 12.8. The number of carbonyl (C=O) groups is 1. The van der Waals surface area contributed by atoms with Crippen LogP contribution in [0.15, 0.2) is 18.2 Å². The third-order valence-electron chi connectivity index (χ3n) is 4.99. The molecule has 132 valence electrons. The van der Waals surface area contributed by atoms with Gasteiger partial charge in [0.1, 0.15) is 17.1 Å². The summed E-state index contributed by atoms with van der Waals surface area (Å²) in [5.41, 5.74) is 0.703. The minimum atomic E-state index is -0.303. The molecule has 2 aliphatic rings. The fraction of sp³-hybridized carbons (Fsp3) is 0.632. The second-order valence-electron chi connectivity index (χ2n) is 7.63. The van der Waals surface area contributed by atoms with Gasteiger partial charge in [0.25, 0.3) is 0 Å². The van der Waals surface area contributed by atoms with E-state index in [-0.39, 0.29) is 23.5 Å². The van der Waals surface area contributed by atoms with Crippen LogP contribution in [0.5, 0.6) is 11.5 Å². The van der Waals surface area contributed by atoms with Gasteiger partial charge in [-0.05, 0) is 58.5 Å². The average Bonchev–Trinajstić information content (AvgIpc) is 2.53. The molecule has 2 heterocycles. The molecule has 1 aromatic carbocycles. The summed E-state index contributed by atoms with van der Waals surface area (Å²) >= 11 is 0. The highest BCUT2D eigenvalue weighted by atomic mass is 16.5. The summed E-state index contributed by atoms with van der Waals surface area (Å²) in [7, 11) is 3.73. The Balaban J connectivity index is 1.80. The van der Waals surface area contributed by atoms with E-state index in [1.165, 1.54) is 0 Å². The highest BCUT2D eigenvalue weighted by Gasteiger charge is 2.36. The molecule has 2 atom stereocenters. The van der Waals surface area contributed by atoms with E-state index in [1.807, 2.05) is 18.2 Å². The monoisotopic (exact) mass is 332 g/mol. The highest BCUT2D eigenvalue weighted by Crippen LogP contribution is 2.41. The largest absolute Gasteiger partial charge is 0.497 e. The van der Waals surface area contributed by atoms with Gasteiger partial charge in [-0.1, -0.05) is 0 Å². The molecule has 0 bridgehead atoms. The summed E-state index contributed by atoms with van der Waals surface area (Å²) in [6, 6.07) is 5.76. The normalized spacial score (nSPS) is 26.2. The topological polar surface area (TPSA) is 50.8 Å². The van der Waals surface area contributed by atoms with Gasteiger partial charge in [0.15, 0.2) is 0 Å². The van der Waals surface area contributed by atoms with Crippen LogP contribution in [0.1, 0.15) is 44.7 Å². The van der Waals surface area contributed by atoms with Crippen molar-refractivity contribution in [2.24, 2.45) is 5.92 Å². The van der Waals surface area contributed by atoms with Crippen LogP contribution in [-0.2, 0) is 4.79 Å². The third-order valence-corrected chi connectivity index (χ3v) is 4.99. The molecule has 5 heteroatoms. The summed E-state index contributed by atoms with van der Waals surface area (Å²) in [5, 5.41) is 3.27. The Bertz CT molecular complexity index is 615. The number of hydrogen-bond acceptors (Lipinski definition) is 4. The van der Waals surface area contributed by atoms with Crippen molar-refractivity contribution in [3.8, 4) is 11.5 Å². The van der Waals surface area contributed by atoms with E-state index in [4.69, 9.17) is 9.47 Å². The van der Waals surface area contributed by atoms with Gasteiger partial charge in [0.05, 0.1) is 19.1 Å². The van der Waals surface area contributed by atoms with Crippen molar-refractivity contribution in [2.45, 2.75) is 44.8 Å². The number of fused-ring (bicyclic) bond motifs is 1. The van der Waals surface area contributed by atoms with Crippen LogP contribution in [0.2, 0.25) is 0 Å². The van der Waals surface area contributed by atoms with Gasteiger partial charge < -0.3 is 19.7 Å². The predicted octanol–water partition coefficient (Wildman–Crippen LogP) is 2.76. The minimum absolute atomic E-state index is 0.0430. The van der Waals surface area contributed by atoms with Gasteiger partial charge in [-0.3, -0.25) is 4.79 Å². The van der Waals surface area contributed by atoms with Crippen LogP contribution in [-0.4, -0.2) is 43.7 Å². The highest BCUT2D eigenvalue weighted by molar-refractivity contribution is 5.79. The van der Waals surface area contributed by atoms with Gasteiger partial charge in [0.2, 0.25) is 5.91 Å². The molecule has 1 fully saturated rings. The number of nitrogens with one attached hydrogen (secondary N) is 1. The number of hydrogen-bond donors (Lipinski definition) is 1. The van der Waals surface area contributed by atoms with Gasteiger partial charge in [-0.2, -0.15) is 0 Å². The predicted molar refractivity (Wildman–Crippen MR) is 93.4 cm³/mol. The van der Waals surface area contributed by atoms with Gasteiger partial charge in [-0.15, -0.1) is 0 Å². The van der Waals surface area contributed by atoms with Crippen molar-refractivity contribution in [1.82, 2.24) is 10.2 Å². The van der Waals surface area contributed by atoms with E-state index in [1.54, 1.807) is 7.11 Å². The molecule has 1 saturated heterocycles. The first kappa shape index (κ1) is 17.1. The maximum absolute atomic E-state index is 12.8. The summed E-state index contributed by atoms with van der Waals surface area (Å²) in [4.78, 5) is 15.0. The number of benzene rings is 1. The number of nitrogens with zero attached hydrogens (tertiary/aromatic N) is 1. The zero-order chi connectivity index (χ0) is 17.3. The Kier molecular flexibility index (Phi) is 4.72. The summed E-state index contributed by atoms with van der Waals surface area (Å²) < 4.78 is 11.4. The van der Waals surface area contributed by atoms with Gasteiger partial charge in [0, 0.05) is 18.5 Å². The van der Waals surface area contributed by atoms with Crippen LogP contribution >= 0.6 is 0 Å². The number of amides is 1. The number of methoxy groups -OCH3 is 1. The van der Waals surface area contributed by atoms with Crippen molar-refractivity contribution in [2.75, 3.05) is 27.2 Å². The number of ether oxygens (including phenoxy) is 2. The number of piperidine rings is 1. The van der Waals surface area contributed by atoms with E-state index < -0.39 is 0 Å². The summed E-state index contributed by atoms with van der Waals surface area (Å²) in [6.07, 6.45) is 2.80. The van der Waals surface area contributed by atoms with Crippen molar-refractivity contribution < 1.29 is 14.3 Å². The smallest absolute Gasteiger partial charge is 0.224 e. The Morgan fingerprint density at radius 3 is 2.92 bits per heavy atom. The van der Waals surface area contributed by atoms with Crippen molar-refractivity contribution in [1.29, 1.82) is 0 Å². The molecular weight excluding hydrogens is 304 g/mol. The standard InChI is InChI=1S/C19H28N2O3/c1-19(2)11-16(15-10-14(23-4)7-8-17(15)24-19)20-18(22)13-6-5-9-21(3)12-13/h7-8,10,13,16H,5-6,9,11-12H2,1-4H3,(H,20,22)/t13-,16-/m0/s1. The lowest BCUT2D eigenvalue weighted by atomic mass is 9.88. The number of rotatable bonds is 3. The first-order valence-corrected chi connectivity index (χ1v) is 8.74. The number of carbonyl (C=O) groups excluding carboxylic acids is 1. The zero-order valence-corrected chi connectivity index (χ0v) is 15.1. The van der Waals surface area contributed by atoms with E-state index in [9.17, 15) is 4.79 Å². The molecule has 1 N–H and O–H groups in total. The lowest BCUT2D eigenvalue weighted by Crippen LogP contribution is -2.46. The molecule has 24 heavy (non-hydrogen) atoms. The second-order valence-corrected chi connectivity index (χ2v) is 7.63. The molecule has 0 saturated carbocycles.